The summed E-state index contributed by atoms with van der Waals surface area (Å²) in [5.41, 5.74) is 0. The molecule has 0 fully saturated rings. The minimum absolute atomic E-state index is 0.0257. The zero-order valence-corrected chi connectivity index (χ0v) is 69.6. The molecule has 0 aromatic carbocycles. The number of unbranched alkanes of at least 4 members (excludes halogenated alkanes) is 15. The monoisotopic (exact) mass is 1570 g/mol. The number of hydrogen-bond acceptors (Lipinski definition) is 15. The largest absolute Gasteiger partial charge is 0.472 e. The fourth-order valence-electron chi connectivity index (χ4n) is 10.1. The Labute approximate surface area is 665 Å². The number of carbonyl (C=O) groups is 4. The molecule has 5 unspecified atom stereocenters. The van der Waals surface area contributed by atoms with Gasteiger partial charge in [-0.15, -0.1) is 0 Å². The maximum Gasteiger partial charge on any atom is 0.472 e. The van der Waals surface area contributed by atoms with Crippen molar-refractivity contribution in [2.45, 2.75) is 303 Å². The number of aliphatic hydroxyl groups excluding tert-OH is 1. The van der Waals surface area contributed by atoms with Gasteiger partial charge in [0, 0.05) is 25.7 Å². The van der Waals surface area contributed by atoms with Crippen molar-refractivity contribution >= 4 is 39.5 Å². The molecule has 5 atom stereocenters. The fourth-order valence-corrected chi connectivity index (χ4v) is 11.7. The highest BCUT2D eigenvalue weighted by Gasteiger charge is 2.30. The second-order valence-electron chi connectivity index (χ2n) is 26.5. The number of aliphatic hydroxyl groups is 1. The van der Waals surface area contributed by atoms with Gasteiger partial charge in [0.05, 0.1) is 26.4 Å². The Morgan fingerprint density at radius 2 is 0.445 bits per heavy atom. The van der Waals surface area contributed by atoms with Crippen molar-refractivity contribution in [3.63, 3.8) is 0 Å². The van der Waals surface area contributed by atoms with Crippen LogP contribution in [0.15, 0.2) is 207 Å². The number of ether oxygens (including phenoxy) is 4. The highest BCUT2D eigenvalue weighted by atomic mass is 31.2. The number of phosphoric acid groups is 2. The predicted molar refractivity (Wildman–Crippen MR) is 454 cm³/mol. The molecule has 0 saturated carbocycles. The van der Waals surface area contributed by atoms with Crippen molar-refractivity contribution in [1.82, 2.24) is 0 Å². The Bertz CT molecular complexity index is 2900. The molecular weight excluding hydrogens is 1430 g/mol. The number of esters is 4. The van der Waals surface area contributed by atoms with Crippen molar-refractivity contribution in [3.05, 3.63) is 207 Å². The third kappa shape index (κ3) is 79.7. The minimum Gasteiger partial charge on any atom is -0.462 e. The lowest BCUT2D eigenvalue weighted by Crippen LogP contribution is -2.30. The lowest BCUT2D eigenvalue weighted by Gasteiger charge is -2.21. The molecule has 0 spiro atoms. The molecule has 110 heavy (non-hydrogen) atoms. The van der Waals surface area contributed by atoms with Crippen LogP contribution in [0.3, 0.4) is 0 Å². The Balaban J connectivity index is 5.50. The first kappa shape index (κ1) is 104. The van der Waals surface area contributed by atoms with Crippen LogP contribution in [0.1, 0.15) is 285 Å². The molecule has 0 bridgehead atoms. The lowest BCUT2D eigenvalue weighted by molar-refractivity contribution is -0.161. The third-order valence-corrected chi connectivity index (χ3v) is 18.1. The summed E-state index contributed by atoms with van der Waals surface area (Å²) in [7, 11) is -10.0. The van der Waals surface area contributed by atoms with Crippen LogP contribution in [0, 0.1) is 0 Å². The van der Waals surface area contributed by atoms with Gasteiger partial charge in [0.2, 0.25) is 0 Å². The molecule has 0 aromatic rings. The molecule has 0 saturated heterocycles. The number of rotatable bonds is 75. The Morgan fingerprint density at radius 1 is 0.255 bits per heavy atom. The summed E-state index contributed by atoms with van der Waals surface area (Å²) < 4.78 is 68.6. The standard InChI is InChI=1S/C91H144O17P2/c1-5-9-13-17-21-25-29-33-37-40-42-45-48-51-55-59-63-67-71-75-88(93)101-81-86(107-90(95)77-73-69-65-61-57-53-47-36-32-28-24-20-16-12-8-4)83-105-109(97,98)103-79-85(92)80-104-110(99,100)106-84-87(108-91(96)78-74-70-66-62-58-54-50-44-39-35-31-27-23-19-15-11-7-3)82-102-89(94)76-72-68-64-60-56-52-49-46-43-41-38-34-30-26-22-18-14-10-6-2/h9-16,21-28,33-39,42-43,45-47,51-52,55-57,61,85-87,92H,5-8,17-20,29-32,40-41,44,48-50,53-54,58-60,62-84H2,1-4H3,(H,97,98)(H,99,100)/b13-9-,14-10-,15-11-,16-12-,25-21-,26-22-,27-23-,28-24-,37-33-,38-34-,39-35-,45-42-,46-43-,47-36-,55-51-,56-52-,61-57-. The Hall–Kier alpha value is -6.36. The number of hydrogen-bond donors (Lipinski definition) is 3. The van der Waals surface area contributed by atoms with Gasteiger partial charge in [0.15, 0.2) is 12.2 Å². The molecule has 17 nitrogen and oxygen atoms in total. The van der Waals surface area contributed by atoms with E-state index < -0.39 is 97.5 Å². The van der Waals surface area contributed by atoms with Gasteiger partial charge < -0.3 is 33.8 Å². The van der Waals surface area contributed by atoms with Crippen LogP contribution in [0.25, 0.3) is 0 Å². The quantitative estimate of drug-likeness (QED) is 0.0169. The van der Waals surface area contributed by atoms with Gasteiger partial charge in [-0.3, -0.25) is 37.3 Å². The van der Waals surface area contributed by atoms with Crippen LogP contribution in [0.5, 0.6) is 0 Å². The zero-order chi connectivity index (χ0) is 80.3. The first-order valence-electron chi connectivity index (χ1n) is 41.3. The highest BCUT2D eigenvalue weighted by Crippen LogP contribution is 2.45. The van der Waals surface area contributed by atoms with Gasteiger partial charge in [-0.25, -0.2) is 9.13 Å². The highest BCUT2D eigenvalue weighted by molar-refractivity contribution is 7.47. The summed E-state index contributed by atoms with van der Waals surface area (Å²) >= 11 is 0. The average molecular weight is 1570 g/mol. The SMILES string of the molecule is CC/C=C\C/C=C\C/C=C\C/C=C\C/C=C\CCCCCC(=O)OCC(COP(=O)(O)OCC(O)COP(=O)(O)OCC(COC(=O)CCCCC/C=C\C/C=C\C/C=C\C/C=C\C/C=C\CC)OC(=O)CCCCCCCCC/C=C\C/C=C\C/C=C\CC)OC(=O)CCCC/C=C\C/C=C\C/C=C\C/C=C\CC. The van der Waals surface area contributed by atoms with E-state index in [9.17, 15) is 43.2 Å². The summed E-state index contributed by atoms with van der Waals surface area (Å²) in [4.78, 5) is 73.2. The van der Waals surface area contributed by atoms with E-state index in [0.717, 1.165) is 199 Å². The van der Waals surface area contributed by atoms with Crippen molar-refractivity contribution in [1.29, 1.82) is 0 Å². The summed E-state index contributed by atoms with van der Waals surface area (Å²) in [5.74, 6) is -2.33. The molecule has 3 N–H and O–H groups in total. The predicted octanol–water partition coefficient (Wildman–Crippen LogP) is 24.7. The van der Waals surface area contributed by atoms with Crippen molar-refractivity contribution in [2.24, 2.45) is 0 Å². The summed E-state index contributed by atoms with van der Waals surface area (Å²) in [6, 6.07) is 0. The first-order valence-corrected chi connectivity index (χ1v) is 44.3. The molecule has 0 aliphatic carbocycles. The number of allylic oxidation sites excluding steroid dienone is 34. The molecule has 19 heteroatoms. The van der Waals surface area contributed by atoms with Crippen LogP contribution in [0.4, 0.5) is 0 Å². The van der Waals surface area contributed by atoms with E-state index >= 15 is 0 Å². The van der Waals surface area contributed by atoms with E-state index in [4.69, 9.17) is 37.0 Å². The molecular formula is C91H144O17P2. The zero-order valence-electron chi connectivity index (χ0n) is 67.8. The molecule has 620 valence electrons. The average Bonchev–Trinajstić information content (AvgIpc) is 0.899. The molecule has 0 aromatic heterocycles. The second kappa shape index (κ2) is 80.7. The first-order chi connectivity index (χ1) is 53.7. The number of phosphoric ester groups is 2. The van der Waals surface area contributed by atoms with E-state index in [1.165, 1.54) is 0 Å². The number of carbonyl (C=O) groups excluding carboxylic acids is 4. The molecule has 0 radical (unpaired) electrons. The Kier molecular flexibility index (Phi) is 76.0. The summed E-state index contributed by atoms with van der Waals surface area (Å²) in [5, 5.41) is 10.7. The fraction of sp³-hybridized carbons (Fsp3) is 0.582. The topological polar surface area (TPSA) is 237 Å². The molecule has 0 rings (SSSR count). The summed E-state index contributed by atoms with van der Waals surface area (Å²) in [6.45, 7) is 4.27. The smallest absolute Gasteiger partial charge is 0.462 e. The van der Waals surface area contributed by atoms with Crippen molar-refractivity contribution < 1.29 is 80.2 Å². The van der Waals surface area contributed by atoms with Crippen LogP contribution < -0.4 is 0 Å². The van der Waals surface area contributed by atoms with E-state index in [-0.39, 0.29) is 25.7 Å². The maximum absolute atomic E-state index is 13.1. The minimum atomic E-state index is -5.01. The van der Waals surface area contributed by atoms with E-state index in [1.807, 2.05) is 0 Å². The van der Waals surface area contributed by atoms with E-state index in [1.54, 1.807) is 0 Å². The van der Waals surface area contributed by atoms with Crippen LogP contribution in [-0.2, 0) is 65.4 Å². The second-order valence-corrected chi connectivity index (χ2v) is 29.4. The summed E-state index contributed by atoms with van der Waals surface area (Å²) in [6.07, 6.45) is 101. The van der Waals surface area contributed by atoms with E-state index in [0.29, 0.717) is 32.1 Å². The van der Waals surface area contributed by atoms with Gasteiger partial charge in [-0.1, -0.05) is 279 Å². The van der Waals surface area contributed by atoms with E-state index in [2.05, 4.69) is 234 Å². The van der Waals surface area contributed by atoms with Gasteiger partial charge in [-0.2, -0.15) is 0 Å². The van der Waals surface area contributed by atoms with Crippen LogP contribution in [-0.4, -0.2) is 96.7 Å². The normalized spacial score (nSPS) is 14.9. The van der Waals surface area contributed by atoms with Crippen LogP contribution in [0.2, 0.25) is 0 Å². The van der Waals surface area contributed by atoms with Gasteiger partial charge in [-0.05, 0) is 186 Å². The lowest BCUT2D eigenvalue weighted by atomic mass is 10.1. The van der Waals surface area contributed by atoms with Gasteiger partial charge in [0.1, 0.15) is 19.3 Å². The van der Waals surface area contributed by atoms with Gasteiger partial charge in [0.25, 0.3) is 0 Å². The molecule has 0 heterocycles. The molecule has 0 aliphatic heterocycles. The van der Waals surface area contributed by atoms with Gasteiger partial charge >= 0.3 is 39.5 Å². The molecule has 0 amide bonds. The maximum atomic E-state index is 13.1. The van der Waals surface area contributed by atoms with Crippen molar-refractivity contribution in [2.75, 3.05) is 39.6 Å². The Morgan fingerprint density at radius 3 is 0.709 bits per heavy atom. The molecule has 0 aliphatic rings. The van der Waals surface area contributed by atoms with Crippen molar-refractivity contribution in [3.8, 4) is 0 Å². The van der Waals surface area contributed by atoms with Crippen LogP contribution >= 0.6 is 15.6 Å². The third-order valence-electron chi connectivity index (χ3n) is 16.2.